The number of aromatic nitrogens is 5. The summed E-state index contributed by atoms with van der Waals surface area (Å²) in [5.41, 5.74) is -0.237. The minimum atomic E-state index is -1.01. The number of hydrogen-bond acceptors (Lipinski definition) is 9. The van der Waals surface area contributed by atoms with E-state index < -0.39 is 40.3 Å². The molecule has 0 bridgehead atoms. The summed E-state index contributed by atoms with van der Waals surface area (Å²) < 4.78 is 7.49. The van der Waals surface area contributed by atoms with Crippen LogP contribution < -0.4 is 10.9 Å². The summed E-state index contributed by atoms with van der Waals surface area (Å²) in [6.45, 7) is 5.38. The van der Waals surface area contributed by atoms with E-state index in [-0.39, 0.29) is 18.1 Å². The third-order valence-electron chi connectivity index (χ3n) is 6.09. The van der Waals surface area contributed by atoms with Crippen molar-refractivity contribution in [2.45, 2.75) is 44.8 Å². The molecule has 12 heteroatoms. The van der Waals surface area contributed by atoms with Crippen LogP contribution in [0.3, 0.4) is 0 Å². The van der Waals surface area contributed by atoms with E-state index in [2.05, 4.69) is 26.6 Å². The van der Waals surface area contributed by atoms with Crippen molar-refractivity contribution in [2.24, 2.45) is 7.05 Å². The van der Waals surface area contributed by atoms with E-state index in [1.165, 1.54) is 24.1 Å². The van der Waals surface area contributed by atoms with Crippen molar-refractivity contribution in [3.63, 3.8) is 0 Å². The van der Waals surface area contributed by atoms with Gasteiger partial charge < -0.3 is 20.1 Å². The zero-order valence-electron chi connectivity index (χ0n) is 21.3. The van der Waals surface area contributed by atoms with Crippen LogP contribution in [-0.2, 0) is 13.6 Å². The van der Waals surface area contributed by atoms with E-state index in [1.54, 1.807) is 49.1 Å². The Morgan fingerprint density at radius 3 is 2.68 bits per heavy atom. The smallest absolute Gasteiger partial charge is 0.296 e. The summed E-state index contributed by atoms with van der Waals surface area (Å²) >= 11 is 0. The molecule has 0 fully saturated rings. The monoisotopic (exact) mass is 517 g/mol. The Kier molecular flexibility index (Phi) is 7.14. The number of nitrogens with zero attached hydrogens (tertiary/aromatic N) is 6. The number of aromatic hydroxyl groups is 1. The third kappa shape index (κ3) is 5.33. The first-order valence-corrected chi connectivity index (χ1v) is 11.7. The number of carbonyl (C=O) groups is 1. The van der Waals surface area contributed by atoms with E-state index in [9.17, 15) is 25.1 Å². The highest BCUT2D eigenvalue weighted by molar-refractivity contribution is 6.04. The van der Waals surface area contributed by atoms with Gasteiger partial charge in [0.15, 0.2) is 5.69 Å². The Bertz CT molecular complexity index is 1560. The molecule has 12 nitrogen and oxygen atoms in total. The van der Waals surface area contributed by atoms with Gasteiger partial charge in [0, 0.05) is 25.1 Å². The number of aliphatic hydroxyl groups is 1. The molecular formula is C26H27N7O5. The fourth-order valence-corrected chi connectivity index (χ4v) is 4.41. The summed E-state index contributed by atoms with van der Waals surface area (Å²) in [6.07, 6.45) is 5.86. The van der Waals surface area contributed by atoms with Gasteiger partial charge in [0.05, 0.1) is 36.2 Å². The maximum absolute atomic E-state index is 13.0. The standard InChI is InChI=1S/C26H27N7O5/c1-15(23-31-21(22(34)25(36)32(23)4)24(35)30-18-11-29-38-13-18)20(19-8-6-5-7-16(19)9-27)17-10-28-33(12-17)14-26(2,3)37/h5-8,10-13,15,20,34,37H,14H2,1-4H3,(H,30,35)/t15-,20-/m0/s1. The minimum Gasteiger partial charge on any atom is -0.501 e. The van der Waals surface area contributed by atoms with Crippen LogP contribution in [0.4, 0.5) is 5.69 Å². The number of benzene rings is 1. The molecule has 1 amide bonds. The SMILES string of the molecule is C[C@H](c1nc(C(=O)Nc2cnoc2)c(O)c(=O)n1C)[C@@H](c1cnn(CC(C)(C)O)c1)c1ccccc1C#N. The summed E-state index contributed by atoms with van der Waals surface area (Å²) in [5.74, 6) is -2.49. The molecule has 0 aliphatic rings. The molecule has 3 heterocycles. The van der Waals surface area contributed by atoms with E-state index in [1.807, 2.05) is 13.0 Å². The lowest BCUT2D eigenvalue weighted by Crippen LogP contribution is -2.29. The number of anilines is 1. The Balaban J connectivity index is 1.84. The fourth-order valence-electron chi connectivity index (χ4n) is 4.41. The maximum atomic E-state index is 13.0. The highest BCUT2D eigenvalue weighted by atomic mass is 16.5. The predicted octanol–water partition coefficient (Wildman–Crippen LogP) is 2.50. The van der Waals surface area contributed by atoms with Crippen molar-refractivity contribution in [3.8, 4) is 11.8 Å². The topological polar surface area (TPSA) is 172 Å². The quantitative estimate of drug-likeness (QED) is 0.317. The second kappa shape index (κ2) is 10.3. The molecule has 4 aromatic rings. The molecule has 3 aromatic heterocycles. The van der Waals surface area contributed by atoms with Crippen LogP contribution in [-0.4, -0.2) is 46.2 Å². The molecular weight excluding hydrogens is 490 g/mol. The molecule has 0 aliphatic heterocycles. The second-order valence-electron chi connectivity index (χ2n) is 9.65. The average molecular weight is 518 g/mol. The molecule has 196 valence electrons. The minimum absolute atomic E-state index is 0.205. The summed E-state index contributed by atoms with van der Waals surface area (Å²) in [7, 11) is 1.45. The first-order chi connectivity index (χ1) is 18.0. The van der Waals surface area contributed by atoms with Crippen molar-refractivity contribution in [1.29, 1.82) is 5.26 Å². The van der Waals surface area contributed by atoms with Crippen LogP contribution in [0.25, 0.3) is 0 Å². The third-order valence-corrected chi connectivity index (χ3v) is 6.09. The maximum Gasteiger partial charge on any atom is 0.296 e. The van der Waals surface area contributed by atoms with E-state index in [0.29, 0.717) is 16.7 Å². The lowest BCUT2D eigenvalue weighted by atomic mass is 9.80. The fraction of sp³-hybridized carbons (Fsp3) is 0.308. The summed E-state index contributed by atoms with van der Waals surface area (Å²) in [5, 5.41) is 40.9. The predicted molar refractivity (Wildman–Crippen MR) is 136 cm³/mol. The summed E-state index contributed by atoms with van der Waals surface area (Å²) in [4.78, 5) is 30.3. The molecule has 2 atom stereocenters. The first-order valence-electron chi connectivity index (χ1n) is 11.7. The van der Waals surface area contributed by atoms with Gasteiger partial charge in [-0.2, -0.15) is 10.4 Å². The van der Waals surface area contributed by atoms with Crippen LogP contribution in [0.1, 0.15) is 65.6 Å². The Morgan fingerprint density at radius 2 is 2.03 bits per heavy atom. The van der Waals surface area contributed by atoms with E-state index >= 15 is 0 Å². The van der Waals surface area contributed by atoms with Crippen LogP contribution in [0.5, 0.6) is 5.75 Å². The van der Waals surface area contributed by atoms with Gasteiger partial charge in [0.25, 0.3) is 11.5 Å². The largest absolute Gasteiger partial charge is 0.501 e. The van der Waals surface area contributed by atoms with Crippen LogP contribution in [0.15, 0.2) is 58.4 Å². The van der Waals surface area contributed by atoms with Crippen molar-refractivity contribution in [1.82, 2.24) is 24.5 Å². The molecule has 0 unspecified atom stereocenters. The number of rotatable bonds is 8. The highest BCUT2D eigenvalue weighted by Gasteiger charge is 2.31. The molecule has 0 spiro atoms. The average Bonchev–Trinajstić information content (AvgIpc) is 3.54. The van der Waals surface area contributed by atoms with Gasteiger partial charge in [-0.15, -0.1) is 0 Å². The zero-order valence-corrected chi connectivity index (χ0v) is 21.3. The van der Waals surface area contributed by atoms with Crippen molar-refractivity contribution in [2.75, 3.05) is 5.32 Å². The van der Waals surface area contributed by atoms with E-state index in [4.69, 9.17) is 4.52 Å². The molecule has 38 heavy (non-hydrogen) atoms. The first kappa shape index (κ1) is 26.3. The van der Waals surface area contributed by atoms with Gasteiger partial charge in [-0.05, 0) is 31.0 Å². The molecule has 0 saturated heterocycles. The van der Waals surface area contributed by atoms with Gasteiger partial charge in [-0.1, -0.05) is 30.3 Å². The molecule has 4 rings (SSSR count). The second-order valence-corrected chi connectivity index (χ2v) is 9.65. The number of nitrogens with one attached hydrogen (secondary N) is 1. The number of hydrogen-bond donors (Lipinski definition) is 3. The number of nitriles is 1. The lowest BCUT2D eigenvalue weighted by molar-refractivity contribution is 0.0577. The highest BCUT2D eigenvalue weighted by Crippen LogP contribution is 2.39. The lowest BCUT2D eigenvalue weighted by Gasteiger charge is -2.26. The van der Waals surface area contributed by atoms with Crippen LogP contribution in [0, 0.1) is 11.3 Å². The number of amides is 1. The van der Waals surface area contributed by atoms with E-state index in [0.717, 1.165) is 0 Å². The van der Waals surface area contributed by atoms with Crippen LogP contribution >= 0.6 is 0 Å². The van der Waals surface area contributed by atoms with Crippen LogP contribution in [0.2, 0.25) is 0 Å². The van der Waals surface area contributed by atoms with Crippen molar-refractivity contribution < 1.29 is 19.5 Å². The van der Waals surface area contributed by atoms with Crippen molar-refractivity contribution >= 4 is 11.6 Å². The Labute approximate surface area is 217 Å². The van der Waals surface area contributed by atoms with Gasteiger partial charge in [0.1, 0.15) is 17.8 Å². The molecule has 0 saturated carbocycles. The number of carbonyl (C=O) groups excluding carboxylic acids is 1. The molecule has 0 aliphatic carbocycles. The Morgan fingerprint density at radius 1 is 1.29 bits per heavy atom. The van der Waals surface area contributed by atoms with Gasteiger partial charge in [-0.25, -0.2) is 4.98 Å². The zero-order chi connectivity index (χ0) is 27.6. The van der Waals surface area contributed by atoms with Gasteiger partial charge in [-0.3, -0.25) is 18.8 Å². The molecule has 0 radical (unpaired) electrons. The normalized spacial score (nSPS) is 13.1. The molecule has 1 aromatic carbocycles. The Hall–Kier alpha value is -4.76. The van der Waals surface area contributed by atoms with Gasteiger partial charge in [0.2, 0.25) is 5.75 Å². The summed E-state index contributed by atoms with van der Waals surface area (Å²) in [6, 6.07) is 9.27. The van der Waals surface area contributed by atoms with Crippen molar-refractivity contribution in [3.05, 3.63) is 87.7 Å². The van der Waals surface area contributed by atoms with Gasteiger partial charge >= 0.3 is 0 Å². The molecule has 3 N–H and O–H groups in total.